The van der Waals surface area contributed by atoms with Crippen LogP contribution in [0.15, 0.2) is 43.1 Å². The zero-order valence-corrected chi connectivity index (χ0v) is 20.7. The molecule has 1 N–H and O–H groups in total. The molecule has 0 saturated heterocycles. The van der Waals surface area contributed by atoms with Gasteiger partial charge in [0, 0.05) is 11.9 Å². The van der Waals surface area contributed by atoms with Crippen LogP contribution >= 0.6 is 0 Å². The maximum Gasteiger partial charge on any atom is 0.259 e. The Kier molecular flexibility index (Phi) is 15.7. The van der Waals surface area contributed by atoms with Crippen molar-refractivity contribution in [3.63, 3.8) is 0 Å². The van der Waals surface area contributed by atoms with Crippen LogP contribution in [0.3, 0.4) is 0 Å². The van der Waals surface area contributed by atoms with Crippen LogP contribution in [0.25, 0.3) is 12.3 Å². The van der Waals surface area contributed by atoms with Gasteiger partial charge in [-0.2, -0.15) is 5.10 Å². The van der Waals surface area contributed by atoms with Gasteiger partial charge in [-0.1, -0.05) is 85.6 Å². The third kappa shape index (κ3) is 8.95. The van der Waals surface area contributed by atoms with E-state index in [9.17, 15) is 4.79 Å². The molecule has 1 unspecified atom stereocenters. The number of allylic oxidation sites excluding steroid dienone is 1. The van der Waals surface area contributed by atoms with Gasteiger partial charge in [0.1, 0.15) is 0 Å². The van der Waals surface area contributed by atoms with Gasteiger partial charge < -0.3 is 5.32 Å². The van der Waals surface area contributed by atoms with Crippen LogP contribution in [0.2, 0.25) is 0 Å². The van der Waals surface area contributed by atoms with E-state index >= 15 is 0 Å². The topological polar surface area (TPSA) is 46.9 Å². The molecule has 1 atom stereocenters. The summed E-state index contributed by atoms with van der Waals surface area (Å²) in [4.78, 5) is 12.8. The van der Waals surface area contributed by atoms with Gasteiger partial charge in [-0.3, -0.25) is 4.79 Å². The Labute approximate surface area is 190 Å². The molecule has 0 bridgehead atoms. The monoisotopic (exact) mass is 425 g/mol. The lowest BCUT2D eigenvalue weighted by Gasteiger charge is -2.17. The number of hydrogen-bond acceptors (Lipinski definition) is 2. The largest absolute Gasteiger partial charge is 0.322 e. The van der Waals surface area contributed by atoms with Crippen molar-refractivity contribution in [2.24, 2.45) is 0 Å². The third-order valence-electron chi connectivity index (χ3n) is 4.74. The maximum atomic E-state index is 12.8. The second-order valence-electron chi connectivity index (χ2n) is 6.78. The predicted molar refractivity (Wildman–Crippen MR) is 138 cm³/mol. The summed E-state index contributed by atoms with van der Waals surface area (Å²) in [5, 5.41) is 7.23. The predicted octanol–water partition coefficient (Wildman–Crippen LogP) is 8.40. The molecule has 2 aromatic rings. The van der Waals surface area contributed by atoms with Gasteiger partial charge in [0.15, 0.2) is 0 Å². The molecule has 0 saturated carbocycles. The average Bonchev–Trinajstić information content (AvgIpc) is 3.22. The average molecular weight is 426 g/mol. The van der Waals surface area contributed by atoms with Gasteiger partial charge in [-0.25, -0.2) is 4.68 Å². The van der Waals surface area contributed by atoms with E-state index in [2.05, 4.69) is 43.0 Å². The van der Waals surface area contributed by atoms with E-state index in [-0.39, 0.29) is 5.91 Å². The summed E-state index contributed by atoms with van der Waals surface area (Å²) in [5.74, 6) is 0.392. The van der Waals surface area contributed by atoms with Crippen LogP contribution in [-0.4, -0.2) is 15.7 Å². The van der Waals surface area contributed by atoms with Crippen molar-refractivity contribution < 1.29 is 4.79 Å². The van der Waals surface area contributed by atoms with Crippen molar-refractivity contribution in [1.82, 2.24) is 9.78 Å². The zero-order chi connectivity index (χ0) is 23.6. The van der Waals surface area contributed by atoms with Crippen molar-refractivity contribution in [1.29, 1.82) is 0 Å². The van der Waals surface area contributed by atoms with Gasteiger partial charge in [-0.05, 0) is 49.5 Å². The summed E-state index contributed by atoms with van der Waals surface area (Å²) in [6.07, 6.45) is 12.9. The lowest BCUT2D eigenvalue weighted by Crippen LogP contribution is -2.13. The number of carbonyl (C=O) groups is 1. The number of nitrogens with one attached hydrogen (secondary N) is 1. The highest BCUT2D eigenvalue weighted by atomic mass is 16.1. The number of hydrogen-bond donors (Lipinski definition) is 1. The molecule has 31 heavy (non-hydrogen) atoms. The first-order valence-electron chi connectivity index (χ1n) is 11.9. The molecule has 0 spiro atoms. The first-order chi connectivity index (χ1) is 15.1. The molecule has 0 aliphatic heterocycles. The van der Waals surface area contributed by atoms with Crippen LogP contribution in [0.1, 0.15) is 108 Å². The van der Waals surface area contributed by atoms with Crippen molar-refractivity contribution in [2.45, 2.75) is 86.5 Å². The van der Waals surface area contributed by atoms with E-state index in [1.807, 2.05) is 58.9 Å². The number of anilines is 1. The van der Waals surface area contributed by atoms with Gasteiger partial charge in [0.2, 0.25) is 0 Å². The van der Waals surface area contributed by atoms with E-state index in [0.29, 0.717) is 11.5 Å². The highest BCUT2D eigenvalue weighted by molar-refractivity contribution is 6.06. The van der Waals surface area contributed by atoms with Crippen LogP contribution in [-0.2, 0) is 0 Å². The fourth-order valence-electron chi connectivity index (χ4n) is 3.36. The van der Waals surface area contributed by atoms with Crippen LogP contribution in [0.5, 0.6) is 0 Å². The summed E-state index contributed by atoms with van der Waals surface area (Å²) in [7, 11) is 0. The zero-order valence-electron chi connectivity index (χ0n) is 20.7. The summed E-state index contributed by atoms with van der Waals surface area (Å²) in [6.45, 7) is 18.1. The molecule has 2 rings (SSSR count). The van der Waals surface area contributed by atoms with Crippen LogP contribution in [0.4, 0.5) is 5.69 Å². The number of benzene rings is 1. The molecular formula is C27H43N3O. The first kappa shape index (κ1) is 28.4. The standard InChI is InChI=1S/C23H31N3O.2C2H6/c1-5-9-13-18(11-6-2)19-14-10-15-20(16-19)25-23(27)21-17-24-26(8-4)22(21)12-7-3;2*1-2/h7-8,10,12,14-18H,4-6,9,11,13H2,1-3H3,(H,25,27);2*1-2H3/b12-7-;;. The summed E-state index contributed by atoms with van der Waals surface area (Å²) >= 11 is 0. The Morgan fingerprint density at radius 1 is 1.16 bits per heavy atom. The Morgan fingerprint density at radius 3 is 2.45 bits per heavy atom. The lowest BCUT2D eigenvalue weighted by atomic mass is 9.89. The molecule has 0 aliphatic carbocycles. The third-order valence-corrected chi connectivity index (χ3v) is 4.74. The molecule has 4 heteroatoms. The van der Waals surface area contributed by atoms with Crippen molar-refractivity contribution in [2.75, 3.05) is 5.32 Å². The van der Waals surface area contributed by atoms with E-state index in [1.54, 1.807) is 17.1 Å². The Morgan fingerprint density at radius 2 is 1.87 bits per heavy atom. The van der Waals surface area contributed by atoms with E-state index < -0.39 is 0 Å². The summed E-state index contributed by atoms with van der Waals surface area (Å²) in [5.41, 5.74) is 3.40. The SMILES string of the molecule is C=Cn1ncc(C(=O)Nc2cccc(C(CCC)CCCC)c2)c1/C=C\C.CC.CC. The number of aromatic nitrogens is 2. The molecule has 0 fully saturated rings. The normalized spacial score (nSPS) is 11.1. The minimum absolute atomic E-state index is 0.158. The minimum atomic E-state index is -0.158. The molecule has 0 radical (unpaired) electrons. The van der Waals surface area contributed by atoms with E-state index in [4.69, 9.17) is 0 Å². The van der Waals surface area contributed by atoms with Gasteiger partial charge in [0.05, 0.1) is 17.5 Å². The second kappa shape index (κ2) is 17.1. The van der Waals surface area contributed by atoms with Gasteiger partial charge >= 0.3 is 0 Å². The van der Waals surface area contributed by atoms with Crippen LogP contribution < -0.4 is 5.32 Å². The first-order valence-corrected chi connectivity index (χ1v) is 11.9. The number of amides is 1. The van der Waals surface area contributed by atoms with E-state index in [0.717, 1.165) is 11.4 Å². The molecule has 4 nitrogen and oxygen atoms in total. The lowest BCUT2D eigenvalue weighted by molar-refractivity contribution is 0.102. The smallest absolute Gasteiger partial charge is 0.259 e. The number of rotatable bonds is 10. The molecule has 172 valence electrons. The van der Waals surface area contributed by atoms with Crippen LogP contribution in [0, 0.1) is 0 Å². The highest BCUT2D eigenvalue weighted by Crippen LogP contribution is 2.29. The second-order valence-corrected chi connectivity index (χ2v) is 6.78. The minimum Gasteiger partial charge on any atom is -0.322 e. The fraction of sp³-hybridized carbons (Fsp3) is 0.481. The summed E-state index contributed by atoms with van der Waals surface area (Å²) in [6, 6.07) is 8.25. The van der Waals surface area contributed by atoms with Crippen molar-refractivity contribution >= 4 is 23.9 Å². The molecule has 1 heterocycles. The Hall–Kier alpha value is -2.62. The fourth-order valence-corrected chi connectivity index (χ4v) is 3.36. The van der Waals surface area contributed by atoms with Gasteiger partial charge in [0.25, 0.3) is 5.91 Å². The number of unbranched alkanes of at least 4 members (excludes halogenated alkanes) is 1. The Balaban J connectivity index is 0.00000212. The molecule has 1 amide bonds. The highest BCUT2D eigenvalue weighted by Gasteiger charge is 2.16. The van der Waals surface area contributed by atoms with Crippen molar-refractivity contribution in [3.8, 4) is 0 Å². The maximum absolute atomic E-state index is 12.8. The molecule has 1 aromatic heterocycles. The van der Waals surface area contributed by atoms with Gasteiger partial charge in [-0.15, -0.1) is 0 Å². The van der Waals surface area contributed by atoms with E-state index in [1.165, 1.54) is 37.7 Å². The molecule has 1 aromatic carbocycles. The molecular weight excluding hydrogens is 382 g/mol. The number of nitrogens with zero attached hydrogens (tertiary/aromatic N) is 2. The summed E-state index contributed by atoms with van der Waals surface area (Å²) < 4.78 is 1.60. The molecule has 0 aliphatic rings. The number of carbonyl (C=O) groups excluding carboxylic acids is 1. The Bertz CT molecular complexity index is 790. The quantitative estimate of drug-likeness (QED) is 0.415. The van der Waals surface area contributed by atoms with Crippen molar-refractivity contribution in [3.05, 3.63) is 59.9 Å².